The molecule has 2 fully saturated rings. The van der Waals surface area contributed by atoms with Crippen LogP contribution in [-0.2, 0) is 11.3 Å². The quantitative estimate of drug-likeness (QED) is 0.396. The summed E-state index contributed by atoms with van der Waals surface area (Å²) in [6.45, 7) is 0.243. The number of pyridine rings is 1. The number of nitrogens with one attached hydrogen (secondary N) is 1. The highest BCUT2D eigenvalue weighted by atomic mass is 16.5. The molecule has 1 N–H and O–H groups in total. The van der Waals surface area contributed by atoms with Crippen molar-refractivity contribution in [2.75, 3.05) is 5.32 Å². The Morgan fingerprint density at radius 2 is 1.53 bits per heavy atom. The molecule has 0 spiro atoms. The van der Waals surface area contributed by atoms with Crippen LogP contribution in [0.5, 0.6) is 0 Å². The van der Waals surface area contributed by atoms with Crippen molar-refractivity contribution in [3.8, 4) is 0 Å². The van der Waals surface area contributed by atoms with Crippen LogP contribution in [0.4, 0.5) is 10.5 Å². The van der Waals surface area contributed by atoms with Crippen molar-refractivity contribution in [1.29, 1.82) is 0 Å². The van der Waals surface area contributed by atoms with Crippen LogP contribution in [0.25, 0.3) is 0 Å². The molecule has 34 heavy (non-hydrogen) atoms. The molecule has 5 heteroatoms. The van der Waals surface area contributed by atoms with Crippen LogP contribution in [0.2, 0.25) is 0 Å². The van der Waals surface area contributed by atoms with Gasteiger partial charge in [0, 0.05) is 17.8 Å². The Bertz CT molecular complexity index is 1130. The lowest BCUT2D eigenvalue weighted by Crippen LogP contribution is -2.23. The molecule has 5 nitrogen and oxygen atoms in total. The summed E-state index contributed by atoms with van der Waals surface area (Å²) >= 11 is 0. The Kier molecular flexibility index (Phi) is 6.70. The average Bonchev–Trinajstić information content (AvgIpc) is 3.74. The number of aromatic nitrogens is 1. The third-order valence-electron chi connectivity index (χ3n) is 7.03. The molecule has 2 aromatic carbocycles. The van der Waals surface area contributed by atoms with E-state index in [-0.39, 0.29) is 18.3 Å². The SMILES string of the molecule is O=C(Nc1ccc(C2CCC(C(=O)c3ncccc3C3CC3)CC2)cc1)OCc1ccccc1. The van der Waals surface area contributed by atoms with Gasteiger partial charge in [-0.25, -0.2) is 4.79 Å². The van der Waals surface area contributed by atoms with E-state index >= 15 is 0 Å². The lowest BCUT2D eigenvalue weighted by Gasteiger charge is -2.28. The number of ether oxygens (including phenoxy) is 1. The van der Waals surface area contributed by atoms with Gasteiger partial charge in [-0.1, -0.05) is 48.5 Å². The zero-order chi connectivity index (χ0) is 23.3. The summed E-state index contributed by atoms with van der Waals surface area (Å²) in [7, 11) is 0. The van der Waals surface area contributed by atoms with Gasteiger partial charge >= 0.3 is 6.09 Å². The van der Waals surface area contributed by atoms with Crippen molar-refractivity contribution in [2.45, 2.75) is 57.0 Å². The van der Waals surface area contributed by atoms with Crippen molar-refractivity contribution in [2.24, 2.45) is 5.92 Å². The topological polar surface area (TPSA) is 68.3 Å². The van der Waals surface area contributed by atoms with Crippen LogP contribution in [0.3, 0.4) is 0 Å². The molecule has 0 radical (unpaired) electrons. The average molecular weight is 455 g/mol. The highest BCUT2D eigenvalue weighted by Crippen LogP contribution is 2.43. The number of anilines is 1. The van der Waals surface area contributed by atoms with Crippen LogP contribution < -0.4 is 5.32 Å². The van der Waals surface area contributed by atoms with E-state index in [1.54, 1.807) is 6.20 Å². The van der Waals surface area contributed by atoms with E-state index in [2.05, 4.69) is 28.5 Å². The second kappa shape index (κ2) is 10.2. The number of amides is 1. The van der Waals surface area contributed by atoms with Crippen LogP contribution in [-0.4, -0.2) is 16.9 Å². The highest BCUT2D eigenvalue weighted by Gasteiger charge is 2.33. The number of benzene rings is 2. The highest BCUT2D eigenvalue weighted by molar-refractivity contribution is 5.97. The molecule has 1 aromatic heterocycles. The molecule has 1 heterocycles. The summed E-state index contributed by atoms with van der Waals surface area (Å²) in [5, 5.41) is 2.79. The zero-order valence-corrected chi connectivity index (χ0v) is 19.3. The third kappa shape index (κ3) is 5.36. The molecule has 3 aromatic rings. The molecule has 2 aliphatic carbocycles. The second-order valence-corrected chi connectivity index (χ2v) is 9.44. The van der Waals surface area contributed by atoms with Crippen LogP contribution >= 0.6 is 0 Å². The van der Waals surface area contributed by atoms with Crippen LogP contribution in [0, 0.1) is 5.92 Å². The first-order chi connectivity index (χ1) is 16.7. The molecule has 174 valence electrons. The number of Topliss-reactive ketones (excluding diaryl/α,β-unsaturated/α-hetero) is 1. The second-order valence-electron chi connectivity index (χ2n) is 9.44. The number of hydrogen-bond acceptors (Lipinski definition) is 4. The Morgan fingerprint density at radius 1 is 0.824 bits per heavy atom. The molecule has 2 aliphatic rings. The summed E-state index contributed by atoms with van der Waals surface area (Å²) in [6, 6.07) is 21.6. The predicted molar refractivity (Wildman–Crippen MR) is 132 cm³/mol. The fraction of sp³-hybridized carbons (Fsp3) is 0.345. The lowest BCUT2D eigenvalue weighted by atomic mass is 9.76. The molecule has 0 atom stereocenters. The number of nitrogens with zero attached hydrogens (tertiary/aromatic N) is 1. The molecule has 0 unspecified atom stereocenters. The van der Waals surface area contributed by atoms with Crippen molar-refractivity contribution >= 4 is 17.6 Å². The summed E-state index contributed by atoms with van der Waals surface area (Å²) in [5.74, 6) is 1.28. The number of ketones is 1. The van der Waals surface area contributed by atoms with Gasteiger partial charge in [0.2, 0.25) is 0 Å². The van der Waals surface area contributed by atoms with Gasteiger partial charge in [-0.3, -0.25) is 15.1 Å². The van der Waals surface area contributed by atoms with Gasteiger partial charge in [-0.2, -0.15) is 0 Å². The number of hydrogen-bond donors (Lipinski definition) is 1. The molecular formula is C29H30N2O3. The van der Waals surface area contributed by atoms with Crippen LogP contribution in [0.1, 0.15) is 77.5 Å². The van der Waals surface area contributed by atoms with Crippen LogP contribution in [0.15, 0.2) is 72.9 Å². The Morgan fingerprint density at radius 3 is 2.24 bits per heavy atom. The third-order valence-corrected chi connectivity index (χ3v) is 7.03. The number of carbonyl (C=O) groups excluding carboxylic acids is 2. The first-order valence-corrected chi connectivity index (χ1v) is 12.2. The Labute approximate surface area is 200 Å². The molecule has 0 bridgehead atoms. The monoisotopic (exact) mass is 454 g/mol. The first-order valence-electron chi connectivity index (χ1n) is 12.2. The summed E-state index contributed by atoms with van der Waals surface area (Å²) in [6.07, 6.45) is 7.42. The standard InChI is InChI=1S/C29H30N2O3/c32-28(27-26(23-10-11-23)7-4-18-30-27)24-12-8-21(9-13-24)22-14-16-25(17-15-22)31-29(33)34-19-20-5-2-1-3-6-20/h1-7,14-18,21,23-24H,8-13,19H2,(H,31,33). The minimum atomic E-state index is -0.462. The van der Waals surface area contributed by atoms with Crippen molar-refractivity contribution in [3.05, 3.63) is 95.3 Å². The van der Waals surface area contributed by atoms with E-state index in [9.17, 15) is 9.59 Å². The van der Waals surface area contributed by atoms with Gasteiger partial charge < -0.3 is 4.74 Å². The molecule has 5 rings (SSSR count). The number of rotatable bonds is 7. The number of carbonyl (C=O) groups is 2. The minimum absolute atomic E-state index is 0.0731. The van der Waals surface area contributed by atoms with E-state index in [0.717, 1.165) is 36.8 Å². The molecule has 0 saturated heterocycles. The summed E-state index contributed by atoms with van der Waals surface area (Å²) in [5.41, 5.74) is 4.79. The largest absolute Gasteiger partial charge is 0.444 e. The fourth-order valence-electron chi connectivity index (χ4n) is 4.95. The zero-order valence-electron chi connectivity index (χ0n) is 19.3. The van der Waals surface area contributed by atoms with Gasteiger partial charge in [0.05, 0.1) is 0 Å². The normalized spacial score (nSPS) is 19.9. The van der Waals surface area contributed by atoms with E-state index < -0.39 is 6.09 Å². The van der Waals surface area contributed by atoms with E-state index in [1.165, 1.54) is 18.4 Å². The van der Waals surface area contributed by atoms with Gasteiger partial charge in [0.15, 0.2) is 5.78 Å². The first kappa shape index (κ1) is 22.3. The van der Waals surface area contributed by atoms with Crippen molar-refractivity contribution in [1.82, 2.24) is 4.98 Å². The molecule has 0 aliphatic heterocycles. The van der Waals surface area contributed by atoms with Gasteiger partial charge in [-0.05, 0) is 85.3 Å². The smallest absolute Gasteiger partial charge is 0.411 e. The molecular weight excluding hydrogens is 424 g/mol. The van der Waals surface area contributed by atoms with Crippen molar-refractivity contribution in [3.63, 3.8) is 0 Å². The lowest BCUT2D eigenvalue weighted by molar-refractivity contribution is 0.0877. The van der Waals surface area contributed by atoms with Gasteiger partial charge in [0.25, 0.3) is 0 Å². The Hall–Kier alpha value is -3.47. The van der Waals surface area contributed by atoms with E-state index in [0.29, 0.717) is 23.2 Å². The van der Waals surface area contributed by atoms with Gasteiger partial charge in [-0.15, -0.1) is 0 Å². The summed E-state index contributed by atoms with van der Waals surface area (Å²) in [4.78, 5) is 29.7. The van der Waals surface area contributed by atoms with E-state index in [4.69, 9.17) is 4.74 Å². The Balaban J connectivity index is 1.12. The maximum absolute atomic E-state index is 13.2. The van der Waals surface area contributed by atoms with Gasteiger partial charge in [0.1, 0.15) is 12.3 Å². The fourth-order valence-corrected chi connectivity index (χ4v) is 4.95. The predicted octanol–water partition coefficient (Wildman–Crippen LogP) is 6.86. The summed E-state index contributed by atoms with van der Waals surface area (Å²) < 4.78 is 5.29. The molecule has 2 saturated carbocycles. The minimum Gasteiger partial charge on any atom is -0.444 e. The van der Waals surface area contributed by atoms with Crippen molar-refractivity contribution < 1.29 is 14.3 Å². The van der Waals surface area contributed by atoms with E-state index in [1.807, 2.05) is 48.5 Å². The molecule has 1 amide bonds. The maximum atomic E-state index is 13.2. The maximum Gasteiger partial charge on any atom is 0.411 e.